The van der Waals surface area contributed by atoms with Crippen molar-refractivity contribution in [2.24, 2.45) is 5.14 Å². The van der Waals surface area contributed by atoms with E-state index in [9.17, 15) is 16.8 Å². The topological polar surface area (TPSA) is 106 Å². The first kappa shape index (κ1) is 19.1. The SMILES string of the molecule is Cc1ccc(-c2ccc(S(=O)(=O)Nc3cccc(S(N)(=O)=O)c3)cc2)cc1. The van der Waals surface area contributed by atoms with E-state index in [0.717, 1.165) is 16.7 Å². The summed E-state index contributed by atoms with van der Waals surface area (Å²) >= 11 is 0. The van der Waals surface area contributed by atoms with E-state index in [1.165, 1.54) is 36.4 Å². The number of nitrogens with two attached hydrogens (primary N) is 1. The Morgan fingerprint density at radius 2 is 1.30 bits per heavy atom. The zero-order valence-corrected chi connectivity index (χ0v) is 16.1. The first-order chi connectivity index (χ1) is 12.6. The highest BCUT2D eigenvalue weighted by molar-refractivity contribution is 7.92. The smallest absolute Gasteiger partial charge is 0.261 e. The van der Waals surface area contributed by atoms with Gasteiger partial charge in [0, 0.05) is 0 Å². The Balaban J connectivity index is 1.86. The largest absolute Gasteiger partial charge is 0.280 e. The third-order valence-electron chi connectivity index (χ3n) is 3.96. The number of rotatable bonds is 5. The van der Waals surface area contributed by atoms with E-state index in [1.807, 2.05) is 31.2 Å². The molecule has 3 N–H and O–H groups in total. The van der Waals surface area contributed by atoms with Crippen molar-refractivity contribution in [2.45, 2.75) is 16.7 Å². The van der Waals surface area contributed by atoms with Crippen molar-refractivity contribution in [3.8, 4) is 11.1 Å². The van der Waals surface area contributed by atoms with E-state index in [1.54, 1.807) is 12.1 Å². The number of sulfonamides is 2. The normalized spacial score (nSPS) is 11.9. The Morgan fingerprint density at radius 3 is 1.85 bits per heavy atom. The Hall–Kier alpha value is -2.68. The van der Waals surface area contributed by atoms with Crippen LogP contribution in [0.4, 0.5) is 5.69 Å². The number of benzene rings is 3. The average molecular weight is 402 g/mol. The molecule has 0 fully saturated rings. The Morgan fingerprint density at radius 1 is 0.741 bits per heavy atom. The van der Waals surface area contributed by atoms with E-state index < -0.39 is 20.0 Å². The van der Waals surface area contributed by atoms with Gasteiger partial charge in [-0.3, -0.25) is 4.72 Å². The molecule has 3 aromatic rings. The van der Waals surface area contributed by atoms with Crippen molar-refractivity contribution in [3.63, 3.8) is 0 Å². The van der Waals surface area contributed by atoms with Gasteiger partial charge in [-0.2, -0.15) is 0 Å². The summed E-state index contributed by atoms with van der Waals surface area (Å²) in [7, 11) is -7.79. The van der Waals surface area contributed by atoms with Crippen LogP contribution in [0.2, 0.25) is 0 Å². The summed E-state index contributed by atoms with van der Waals surface area (Å²) in [4.78, 5) is -0.100. The predicted octanol–water partition coefficient (Wildman–Crippen LogP) is 3.11. The summed E-state index contributed by atoms with van der Waals surface area (Å²) in [5.74, 6) is 0. The van der Waals surface area contributed by atoms with Gasteiger partial charge in [-0.1, -0.05) is 48.0 Å². The van der Waals surface area contributed by atoms with E-state index in [2.05, 4.69) is 4.72 Å². The van der Waals surface area contributed by atoms with Gasteiger partial charge in [0.1, 0.15) is 0 Å². The van der Waals surface area contributed by atoms with Crippen molar-refractivity contribution < 1.29 is 16.8 Å². The van der Waals surface area contributed by atoms with Crippen molar-refractivity contribution in [3.05, 3.63) is 78.4 Å². The van der Waals surface area contributed by atoms with Crippen LogP contribution < -0.4 is 9.86 Å². The molecule has 27 heavy (non-hydrogen) atoms. The van der Waals surface area contributed by atoms with Crippen LogP contribution in [0.3, 0.4) is 0 Å². The summed E-state index contributed by atoms with van der Waals surface area (Å²) in [6.07, 6.45) is 0. The van der Waals surface area contributed by atoms with Gasteiger partial charge < -0.3 is 0 Å². The minimum absolute atomic E-state index is 0.0689. The molecule has 6 nitrogen and oxygen atoms in total. The van der Waals surface area contributed by atoms with Crippen LogP contribution in [-0.2, 0) is 20.0 Å². The summed E-state index contributed by atoms with van der Waals surface area (Å²) in [5, 5.41) is 5.08. The first-order valence-corrected chi connectivity index (χ1v) is 11.0. The van der Waals surface area contributed by atoms with E-state index >= 15 is 0 Å². The number of hydrogen-bond acceptors (Lipinski definition) is 4. The minimum Gasteiger partial charge on any atom is -0.280 e. The summed E-state index contributed by atoms with van der Waals surface area (Å²) in [6.45, 7) is 2.00. The number of anilines is 1. The molecule has 0 aromatic heterocycles. The standard InChI is InChI=1S/C19H18N2O4S2/c1-14-5-7-15(8-6-14)16-9-11-18(12-10-16)27(24,25)21-17-3-2-4-19(13-17)26(20,22)23/h2-13,21H,1H3,(H2,20,22,23). The van der Waals surface area contributed by atoms with Crippen LogP contribution in [0.5, 0.6) is 0 Å². The molecule has 0 spiro atoms. The second kappa shape index (κ2) is 7.15. The maximum atomic E-state index is 12.6. The van der Waals surface area contributed by atoms with Gasteiger partial charge in [-0.05, 0) is 48.4 Å². The van der Waals surface area contributed by atoms with Crippen LogP contribution in [0.25, 0.3) is 11.1 Å². The van der Waals surface area contributed by atoms with Crippen LogP contribution in [0.15, 0.2) is 82.6 Å². The fraction of sp³-hybridized carbons (Fsp3) is 0.0526. The van der Waals surface area contributed by atoms with E-state index in [4.69, 9.17) is 5.14 Å². The molecule has 3 aromatic carbocycles. The quantitative estimate of drug-likeness (QED) is 0.684. The molecule has 0 aliphatic rings. The Kier molecular flexibility index (Phi) is 5.05. The molecule has 8 heteroatoms. The molecule has 0 unspecified atom stereocenters. The molecule has 140 valence electrons. The van der Waals surface area contributed by atoms with E-state index in [-0.39, 0.29) is 15.5 Å². The number of nitrogens with one attached hydrogen (secondary N) is 1. The van der Waals surface area contributed by atoms with Gasteiger partial charge >= 0.3 is 0 Å². The number of hydrogen-bond donors (Lipinski definition) is 2. The monoisotopic (exact) mass is 402 g/mol. The minimum atomic E-state index is -3.92. The van der Waals surface area contributed by atoms with Crippen LogP contribution >= 0.6 is 0 Å². The lowest BCUT2D eigenvalue weighted by molar-refractivity contribution is 0.596. The molecule has 0 atom stereocenters. The number of aryl methyl sites for hydroxylation is 1. The van der Waals surface area contributed by atoms with Gasteiger partial charge in [-0.15, -0.1) is 0 Å². The molecular weight excluding hydrogens is 384 g/mol. The molecule has 3 rings (SSSR count). The Labute approximate surface area is 158 Å². The van der Waals surface area contributed by atoms with Gasteiger partial charge in [0.2, 0.25) is 10.0 Å². The Bertz CT molecular complexity index is 1170. The second-order valence-electron chi connectivity index (χ2n) is 6.07. The molecule has 0 saturated heterocycles. The maximum absolute atomic E-state index is 12.6. The van der Waals surface area contributed by atoms with Crippen LogP contribution in [0.1, 0.15) is 5.56 Å². The molecule has 0 aliphatic heterocycles. The molecule has 0 amide bonds. The molecule has 0 saturated carbocycles. The van der Waals surface area contributed by atoms with Gasteiger partial charge in [0.05, 0.1) is 15.5 Å². The van der Waals surface area contributed by atoms with Crippen molar-refractivity contribution in [2.75, 3.05) is 4.72 Å². The van der Waals surface area contributed by atoms with E-state index in [0.29, 0.717) is 0 Å². The highest BCUT2D eigenvalue weighted by atomic mass is 32.2. The molecule has 0 aliphatic carbocycles. The van der Waals surface area contributed by atoms with Crippen LogP contribution in [-0.4, -0.2) is 16.8 Å². The first-order valence-electron chi connectivity index (χ1n) is 7.98. The van der Waals surface area contributed by atoms with Gasteiger partial charge in [0.25, 0.3) is 10.0 Å². The third kappa shape index (κ3) is 4.54. The van der Waals surface area contributed by atoms with Crippen molar-refractivity contribution >= 4 is 25.7 Å². The van der Waals surface area contributed by atoms with Crippen molar-refractivity contribution in [1.29, 1.82) is 0 Å². The molecule has 0 heterocycles. The fourth-order valence-electron chi connectivity index (χ4n) is 2.52. The highest BCUT2D eigenvalue weighted by Crippen LogP contribution is 2.23. The zero-order chi connectivity index (χ0) is 19.7. The predicted molar refractivity (Wildman–Crippen MR) is 105 cm³/mol. The lowest BCUT2D eigenvalue weighted by atomic mass is 10.0. The summed E-state index contributed by atoms with van der Waals surface area (Å²) < 4.78 is 50.3. The zero-order valence-electron chi connectivity index (χ0n) is 14.5. The van der Waals surface area contributed by atoms with Gasteiger partial charge in [-0.25, -0.2) is 22.0 Å². The number of primary sulfonamides is 1. The average Bonchev–Trinajstić information content (AvgIpc) is 2.62. The second-order valence-corrected chi connectivity index (χ2v) is 9.31. The fourth-order valence-corrected chi connectivity index (χ4v) is 4.13. The van der Waals surface area contributed by atoms with Gasteiger partial charge in [0.15, 0.2) is 0 Å². The molecule has 0 bridgehead atoms. The van der Waals surface area contributed by atoms with Crippen molar-refractivity contribution in [1.82, 2.24) is 0 Å². The maximum Gasteiger partial charge on any atom is 0.261 e. The summed E-state index contributed by atoms with van der Waals surface area (Å²) in [5.41, 5.74) is 3.14. The summed E-state index contributed by atoms with van der Waals surface area (Å²) in [6, 6.07) is 19.7. The third-order valence-corrected chi connectivity index (χ3v) is 6.27. The molecule has 0 radical (unpaired) electrons. The molecular formula is C19H18N2O4S2. The lowest BCUT2D eigenvalue weighted by Crippen LogP contribution is -2.15. The lowest BCUT2D eigenvalue weighted by Gasteiger charge is -2.10. The highest BCUT2D eigenvalue weighted by Gasteiger charge is 2.16. The van der Waals surface area contributed by atoms with Crippen LogP contribution in [0, 0.1) is 6.92 Å².